The van der Waals surface area contributed by atoms with Crippen LogP contribution in [0.25, 0.3) is 0 Å². The molecule has 1 N–H and O–H groups in total. The van der Waals surface area contributed by atoms with Crippen molar-refractivity contribution in [1.29, 1.82) is 0 Å². The molecule has 0 spiro atoms. The molecule has 0 aliphatic carbocycles. The first kappa shape index (κ1) is 16.7. The lowest BCUT2D eigenvalue weighted by Crippen LogP contribution is -2.39. The maximum atomic E-state index is 13.2. The van der Waals surface area contributed by atoms with Gasteiger partial charge in [-0.1, -0.05) is 0 Å². The van der Waals surface area contributed by atoms with Crippen molar-refractivity contribution in [2.24, 2.45) is 0 Å². The fraction of sp³-hybridized carbons (Fsp3) is 0.647. The third-order valence-electron chi connectivity index (χ3n) is 4.49. The zero-order valence-electron chi connectivity index (χ0n) is 15.1. The Hall–Kier alpha value is -2.18. The van der Waals surface area contributed by atoms with Gasteiger partial charge in [0.1, 0.15) is 5.82 Å². The predicted octanol–water partition coefficient (Wildman–Crippen LogP) is 2.74. The maximum Gasteiger partial charge on any atom is 0.257 e. The van der Waals surface area contributed by atoms with E-state index in [4.69, 9.17) is 0 Å². The molecule has 0 aromatic carbocycles. The lowest BCUT2D eigenvalue weighted by Gasteiger charge is -2.34. The smallest absolute Gasteiger partial charge is 0.257 e. The first-order valence-electron chi connectivity index (χ1n) is 8.54. The first-order chi connectivity index (χ1) is 11.3. The van der Waals surface area contributed by atoms with Crippen LogP contribution in [0, 0.1) is 13.8 Å². The van der Waals surface area contributed by atoms with E-state index < -0.39 is 0 Å². The predicted molar refractivity (Wildman–Crippen MR) is 90.7 cm³/mol. The van der Waals surface area contributed by atoms with Crippen molar-refractivity contribution in [3.8, 4) is 0 Å². The number of likely N-dealkylation sites (tertiary alicyclic amines) is 1. The van der Waals surface area contributed by atoms with Gasteiger partial charge in [0, 0.05) is 12.7 Å². The number of aryl methyl sites for hydroxylation is 2. The van der Waals surface area contributed by atoms with Crippen LogP contribution in [-0.4, -0.2) is 42.3 Å². The molecule has 0 unspecified atom stereocenters. The standard InChI is InChI=1S/C17H26N6O/c1-11-13(10-23(21-11)17(3,4)5)16(24)22-9-7-6-8-14(22)15-18-12(2)19-20-15/h10,14H,6-9H2,1-5H3,(H,18,19,20)/t14-/m1/s1. The van der Waals surface area contributed by atoms with E-state index in [-0.39, 0.29) is 17.5 Å². The second kappa shape index (κ2) is 6.03. The van der Waals surface area contributed by atoms with Gasteiger partial charge in [-0.15, -0.1) is 0 Å². The number of H-pyrrole nitrogens is 1. The molecule has 7 heteroatoms. The van der Waals surface area contributed by atoms with Crippen LogP contribution < -0.4 is 0 Å². The quantitative estimate of drug-likeness (QED) is 0.918. The Labute approximate surface area is 142 Å². The van der Waals surface area contributed by atoms with Gasteiger partial charge in [-0.05, 0) is 53.9 Å². The average molecular weight is 330 g/mol. The van der Waals surface area contributed by atoms with Gasteiger partial charge < -0.3 is 4.90 Å². The molecule has 1 fully saturated rings. The number of aromatic nitrogens is 5. The van der Waals surface area contributed by atoms with Gasteiger partial charge in [0.05, 0.1) is 22.8 Å². The van der Waals surface area contributed by atoms with E-state index in [9.17, 15) is 4.79 Å². The summed E-state index contributed by atoms with van der Waals surface area (Å²) in [5, 5.41) is 11.7. The number of nitrogens with zero attached hydrogens (tertiary/aromatic N) is 5. The molecule has 7 nitrogen and oxygen atoms in total. The fourth-order valence-electron chi connectivity index (χ4n) is 3.12. The van der Waals surface area contributed by atoms with Crippen LogP contribution in [0.5, 0.6) is 0 Å². The minimum absolute atomic E-state index is 0.0233. The highest BCUT2D eigenvalue weighted by Gasteiger charge is 2.33. The summed E-state index contributed by atoms with van der Waals surface area (Å²) in [6.45, 7) is 10.7. The lowest BCUT2D eigenvalue weighted by atomic mass is 10.0. The summed E-state index contributed by atoms with van der Waals surface area (Å²) in [7, 11) is 0. The molecule has 0 saturated carbocycles. The minimum Gasteiger partial charge on any atom is -0.328 e. The van der Waals surface area contributed by atoms with Crippen LogP contribution in [0.3, 0.4) is 0 Å². The van der Waals surface area contributed by atoms with Gasteiger partial charge >= 0.3 is 0 Å². The molecular formula is C17H26N6O. The summed E-state index contributed by atoms with van der Waals surface area (Å²) < 4.78 is 1.87. The molecule has 130 valence electrons. The Morgan fingerprint density at radius 2 is 2.04 bits per heavy atom. The molecule has 3 rings (SSSR count). The molecule has 2 aromatic rings. The van der Waals surface area contributed by atoms with Crippen LogP contribution in [0.15, 0.2) is 6.20 Å². The van der Waals surface area contributed by atoms with Crippen LogP contribution in [0.4, 0.5) is 0 Å². The molecule has 3 heterocycles. The third kappa shape index (κ3) is 3.07. The third-order valence-corrected chi connectivity index (χ3v) is 4.49. The van der Waals surface area contributed by atoms with E-state index in [0.29, 0.717) is 11.4 Å². The monoisotopic (exact) mass is 330 g/mol. The first-order valence-corrected chi connectivity index (χ1v) is 8.54. The molecule has 0 radical (unpaired) electrons. The number of carbonyl (C=O) groups is 1. The molecule has 2 aromatic heterocycles. The van der Waals surface area contributed by atoms with Crippen molar-refractivity contribution >= 4 is 5.91 Å². The van der Waals surface area contributed by atoms with E-state index in [1.807, 2.05) is 29.6 Å². The summed E-state index contributed by atoms with van der Waals surface area (Å²) in [6, 6.07) is -0.0615. The van der Waals surface area contributed by atoms with E-state index in [1.165, 1.54) is 0 Å². The van der Waals surface area contributed by atoms with Gasteiger partial charge in [0.25, 0.3) is 5.91 Å². The van der Waals surface area contributed by atoms with Crippen molar-refractivity contribution < 1.29 is 4.79 Å². The highest BCUT2D eigenvalue weighted by Crippen LogP contribution is 2.31. The number of amides is 1. The second-order valence-corrected chi connectivity index (χ2v) is 7.53. The zero-order valence-corrected chi connectivity index (χ0v) is 15.1. The summed E-state index contributed by atoms with van der Waals surface area (Å²) in [5.74, 6) is 1.51. The summed E-state index contributed by atoms with van der Waals surface area (Å²) in [4.78, 5) is 19.5. The largest absolute Gasteiger partial charge is 0.328 e. The number of aromatic amines is 1. The normalized spacial score (nSPS) is 18.9. The van der Waals surface area contributed by atoms with E-state index in [2.05, 4.69) is 41.1 Å². The lowest BCUT2D eigenvalue weighted by molar-refractivity contribution is 0.0599. The van der Waals surface area contributed by atoms with Crippen LogP contribution in [0.2, 0.25) is 0 Å². The Kier molecular flexibility index (Phi) is 4.19. The summed E-state index contributed by atoms with van der Waals surface area (Å²) >= 11 is 0. The van der Waals surface area contributed by atoms with Gasteiger partial charge in [-0.2, -0.15) is 10.2 Å². The molecule has 24 heavy (non-hydrogen) atoms. The molecule has 1 saturated heterocycles. The molecular weight excluding hydrogens is 304 g/mol. The van der Waals surface area contributed by atoms with Crippen molar-refractivity contribution in [3.05, 3.63) is 29.1 Å². The zero-order chi connectivity index (χ0) is 17.5. The molecule has 1 atom stereocenters. The van der Waals surface area contributed by atoms with E-state index in [0.717, 1.165) is 37.3 Å². The van der Waals surface area contributed by atoms with Gasteiger partial charge in [0.15, 0.2) is 5.82 Å². The number of rotatable bonds is 2. The maximum absolute atomic E-state index is 13.2. The Morgan fingerprint density at radius 3 is 2.62 bits per heavy atom. The number of nitrogens with one attached hydrogen (secondary N) is 1. The Balaban J connectivity index is 1.91. The number of carbonyl (C=O) groups excluding carboxylic acids is 1. The molecule has 1 aliphatic rings. The highest BCUT2D eigenvalue weighted by atomic mass is 16.2. The number of hydrogen-bond acceptors (Lipinski definition) is 4. The average Bonchev–Trinajstić information content (AvgIpc) is 3.12. The van der Waals surface area contributed by atoms with Gasteiger partial charge in [-0.3, -0.25) is 14.6 Å². The summed E-state index contributed by atoms with van der Waals surface area (Å²) in [5.41, 5.74) is 1.29. The van der Waals surface area contributed by atoms with Gasteiger partial charge in [-0.25, -0.2) is 4.98 Å². The van der Waals surface area contributed by atoms with Crippen LogP contribution in [-0.2, 0) is 5.54 Å². The topological polar surface area (TPSA) is 79.7 Å². The van der Waals surface area contributed by atoms with Crippen molar-refractivity contribution in [1.82, 2.24) is 29.9 Å². The number of piperidine rings is 1. The van der Waals surface area contributed by atoms with E-state index >= 15 is 0 Å². The van der Waals surface area contributed by atoms with E-state index in [1.54, 1.807) is 0 Å². The molecule has 0 bridgehead atoms. The SMILES string of the molecule is Cc1nc([C@H]2CCCCN2C(=O)c2cn(C(C)(C)C)nc2C)n[nH]1. The van der Waals surface area contributed by atoms with Crippen molar-refractivity contribution in [3.63, 3.8) is 0 Å². The Bertz CT molecular complexity index is 739. The van der Waals surface area contributed by atoms with Gasteiger partial charge in [0.2, 0.25) is 0 Å². The summed E-state index contributed by atoms with van der Waals surface area (Å²) in [6.07, 6.45) is 4.86. The van der Waals surface area contributed by atoms with Crippen molar-refractivity contribution in [2.45, 2.75) is 65.5 Å². The fourth-order valence-corrected chi connectivity index (χ4v) is 3.12. The van der Waals surface area contributed by atoms with Crippen LogP contribution >= 0.6 is 0 Å². The molecule has 1 amide bonds. The second-order valence-electron chi connectivity index (χ2n) is 7.53. The van der Waals surface area contributed by atoms with Crippen molar-refractivity contribution in [2.75, 3.05) is 6.54 Å². The minimum atomic E-state index is -0.147. The van der Waals surface area contributed by atoms with Crippen LogP contribution in [0.1, 0.15) is 73.8 Å². The number of hydrogen-bond donors (Lipinski definition) is 1. The Morgan fingerprint density at radius 1 is 1.29 bits per heavy atom. The highest BCUT2D eigenvalue weighted by molar-refractivity contribution is 5.95. The molecule has 1 aliphatic heterocycles.